The summed E-state index contributed by atoms with van der Waals surface area (Å²) in [7, 11) is 3.11. The summed E-state index contributed by atoms with van der Waals surface area (Å²) in [5.74, 6) is 1.34. The van der Waals surface area contributed by atoms with Gasteiger partial charge in [0.2, 0.25) is 5.78 Å². The van der Waals surface area contributed by atoms with Crippen LogP contribution in [0.5, 0.6) is 23.0 Å². The first-order valence-electron chi connectivity index (χ1n) is 9.16. The summed E-state index contributed by atoms with van der Waals surface area (Å²) in [6.45, 7) is 0. The third kappa shape index (κ3) is 3.89. The van der Waals surface area contributed by atoms with E-state index in [-0.39, 0.29) is 17.3 Å². The minimum absolute atomic E-state index is 0.200. The van der Waals surface area contributed by atoms with Crippen molar-refractivity contribution in [3.8, 4) is 23.0 Å². The molecule has 1 aliphatic heterocycles. The number of rotatable bonds is 5. The Kier molecular flexibility index (Phi) is 5.22. The molecule has 6 heteroatoms. The second kappa shape index (κ2) is 8.13. The highest BCUT2D eigenvalue weighted by atomic mass is 16.5. The molecule has 150 valence electrons. The molecule has 0 aromatic heterocycles. The van der Waals surface area contributed by atoms with Gasteiger partial charge in [-0.2, -0.15) is 0 Å². The lowest BCUT2D eigenvalue weighted by Crippen LogP contribution is -2.08. The van der Waals surface area contributed by atoms with Gasteiger partial charge >= 0.3 is 5.97 Å². The molecule has 0 amide bonds. The first kappa shape index (κ1) is 19.3. The molecule has 1 aliphatic rings. The van der Waals surface area contributed by atoms with E-state index in [2.05, 4.69) is 0 Å². The van der Waals surface area contributed by atoms with Crippen LogP contribution in [0.15, 0.2) is 72.5 Å². The van der Waals surface area contributed by atoms with Crippen molar-refractivity contribution in [2.45, 2.75) is 0 Å². The van der Waals surface area contributed by atoms with Crippen LogP contribution in [0, 0.1) is 0 Å². The second-order valence-corrected chi connectivity index (χ2v) is 6.49. The van der Waals surface area contributed by atoms with Gasteiger partial charge in [-0.1, -0.05) is 18.2 Å². The van der Waals surface area contributed by atoms with Crippen molar-refractivity contribution in [2.24, 2.45) is 0 Å². The number of fused-ring (bicyclic) bond motifs is 1. The largest absolute Gasteiger partial charge is 0.497 e. The molecule has 1 heterocycles. The third-order valence-corrected chi connectivity index (χ3v) is 4.57. The van der Waals surface area contributed by atoms with Crippen molar-refractivity contribution in [3.05, 3.63) is 89.2 Å². The van der Waals surface area contributed by atoms with Crippen LogP contribution in [0.2, 0.25) is 0 Å². The Bertz CT molecular complexity index is 1140. The van der Waals surface area contributed by atoms with E-state index in [1.54, 1.807) is 61.7 Å². The first-order chi connectivity index (χ1) is 14.6. The Labute approximate surface area is 173 Å². The molecule has 4 rings (SSSR count). The Morgan fingerprint density at radius 2 is 1.60 bits per heavy atom. The number of hydrogen-bond donors (Lipinski definition) is 0. The molecule has 0 saturated carbocycles. The van der Waals surface area contributed by atoms with Gasteiger partial charge in [0.1, 0.15) is 23.0 Å². The molecule has 0 bridgehead atoms. The second-order valence-electron chi connectivity index (χ2n) is 6.49. The topological polar surface area (TPSA) is 71.1 Å². The summed E-state index contributed by atoms with van der Waals surface area (Å²) in [4.78, 5) is 25.0. The molecule has 0 unspecified atom stereocenters. The normalized spacial score (nSPS) is 13.5. The fourth-order valence-corrected chi connectivity index (χ4v) is 3.00. The van der Waals surface area contributed by atoms with Crippen LogP contribution in [-0.2, 0) is 0 Å². The van der Waals surface area contributed by atoms with Gasteiger partial charge in [0, 0.05) is 6.07 Å². The quantitative estimate of drug-likeness (QED) is 0.355. The molecular weight excluding hydrogens is 384 g/mol. The van der Waals surface area contributed by atoms with Gasteiger partial charge in [-0.05, 0) is 54.1 Å². The van der Waals surface area contributed by atoms with Gasteiger partial charge in [0.15, 0.2) is 5.76 Å². The van der Waals surface area contributed by atoms with Gasteiger partial charge in [-0.15, -0.1) is 0 Å². The number of esters is 1. The van der Waals surface area contributed by atoms with Crippen LogP contribution in [0.3, 0.4) is 0 Å². The van der Waals surface area contributed by atoms with E-state index in [0.29, 0.717) is 22.6 Å². The molecule has 0 saturated heterocycles. The van der Waals surface area contributed by atoms with Crippen LogP contribution in [0.25, 0.3) is 6.08 Å². The lowest BCUT2D eigenvalue weighted by Gasteiger charge is -2.07. The highest BCUT2D eigenvalue weighted by Gasteiger charge is 2.28. The summed E-state index contributed by atoms with van der Waals surface area (Å²) in [6.07, 6.45) is 1.66. The summed E-state index contributed by atoms with van der Waals surface area (Å²) in [6, 6.07) is 18.6. The standard InChI is InChI=1S/C24H18O6/c1-27-17-8-6-15(7-9-17)12-22-23(25)20-11-10-19(14-21(20)30-22)29-24(26)16-4-3-5-18(13-16)28-2/h3-14H,1-2H3/b22-12+. The molecule has 3 aromatic rings. The highest BCUT2D eigenvalue weighted by molar-refractivity contribution is 6.14. The number of carbonyl (C=O) groups is 2. The number of ether oxygens (including phenoxy) is 4. The van der Waals surface area contributed by atoms with Crippen molar-refractivity contribution in [2.75, 3.05) is 14.2 Å². The van der Waals surface area contributed by atoms with Gasteiger partial charge in [0.25, 0.3) is 0 Å². The van der Waals surface area contributed by atoms with Gasteiger partial charge in [-0.25, -0.2) is 4.79 Å². The number of ketones is 1. The summed E-state index contributed by atoms with van der Waals surface area (Å²) >= 11 is 0. The maximum atomic E-state index is 12.6. The zero-order valence-electron chi connectivity index (χ0n) is 16.4. The average molecular weight is 402 g/mol. The average Bonchev–Trinajstić information content (AvgIpc) is 3.08. The Morgan fingerprint density at radius 1 is 0.867 bits per heavy atom. The van der Waals surface area contributed by atoms with Crippen molar-refractivity contribution in [1.29, 1.82) is 0 Å². The van der Waals surface area contributed by atoms with E-state index < -0.39 is 5.97 Å². The first-order valence-corrected chi connectivity index (χ1v) is 9.16. The van der Waals surface area contributed by atoms with E-state index in [0.717, 1.165) is 11.3 Å². The van der Waals surface area contributed by atoms with E-state index in [1.807, 2.05) is 12.1 Å². The molecule has 0 atom stereocenters. The van der Waals surface area contributed by atoms with Crippen LogP contribution in [-0.4, -0.2) is 26.0 Å². The summed E-state index contributed by atoms with van der Waals surface area (Å²) in [5, 5.41) is 0. The molecular formula is C24H18O6. The number of hydrogen-bond acceptors (Lipinski definition) is 6. The minimum Gasteiger partial charge on any atom is -0.497 e. The fourth-order valence-electron chi connectivity index (χ4n) is 3.00. The van der Waals surface area contributed by atoms with Gasteiger partial charge in [0.05, 0.1) is 25.3 Å². The van der Waals surface area contributed by atoms with Crippen molar-refractivity contribution in [3.63, 3.8) is 0 Å². The molecule has 0 radical (unpaired) electrons. The van der Waals surface area contributed by atoms with Crippen LogP contribution >= 0.6 is 0 Å². The molecule has 30 heavy (non-hydrogen) atoms. The van der Waals surface area contributed by atoms with Crippen LogP contribution < -0.4 is 18.9 Å². The van der Waals surface area contributed by atoms with E-state index in [1.165, 1.54) is 13.2 Å². The number of Topliss-reactive ketones (excluding diaryl/α,β-unsaturated/α-hetero) is 1. The van der Waals surface area contributed by atoms with E-state index >= 15 is 0 Å². The maximum absolute atomic E-state index is 12.6. The van der Waals surface area contributed by atoms with Gasteiger partial charge < -0.3 is 18.9 Å². The predicted molar refractivity (Wildman–Crippen MR) is 110 cm³/mol. The SMILES string of the molecule is COc1ccc(/C=C2/Oc3cc(OC(=O)c4cccc(OC)c4)ccc3C2=O)cc1. The molecule has 0 fully saturated rings. The highest BCUT2D eigenvalue weighted by Crippen LogP contribution is 2.35. The molecule has 3 aromatic carbocycles. The zero-order valence-corrected chi connectivity index (χ0v) is 16.4. The van der Waals surface area contributed by atoms with E-state index in [4.69, 9.17) is 18.9 Å². The maximum Gasteiger partial charge on any atom is 0.343 e. The molecule has 6 nitrogen and oxygen atoms in total. The third-order valence-electron chi connectivity index (χ3n) is 4.57. The number of carbonyl (C=O) groups excluding carboxylic acids is 2. The predicted octanol–water partition coefficient (Wildman–Crippen LogP) is 4.54. The van der Waals surface area contributed by atoms with Crippen molar-refractivity contribution in [1.82, 2.24) is 0 Å². The number of methoxy groups -OCH3 is 2. The molecule has 0 N–H and O–H groups in total. The van der Waals surface area contributed by atoms with E-state index in [9.17, 15) is 9.59 Å². The Hall–Kier alpha value is -4.06. The Balaban J connectivity index is 1.52. The lowest BCUT2D eigenvalue weighted by molar-refractivity contribution is 0.0734. The monoisotopic (exact) mass is 402 g/mol. The Morgan fingerprint density at radius 3 is 2.33 bits per heavy atom. The lowest BCUT2D eigenvalue weighted by atomic mass is 10.1. The van der Waals surface area contributed by atoms with Crippen molar-refractivity contribution < 1.29 is 28.5 Å². The summed E-state index contributed by atoms with van der Waals surface area (Å²) in [5.41, 5.74) is 1.57. The van der Waals surface area contributed by atoms with Gasteiger partial charge in [-0.3, -0.25) is 4.79 Å². The van der Waals surface area contributed by atoms with Crippen LogP contribution in [0.1, 0.15) is 26.3 Å². The van der Waals surface area contributed by atoms with Crippen LogP contribution in [0.4, 0.5) is 0 Å². The van der Waals surface area contributed by atoms with Crippen molar-refractivity contribution >= 4 is 17.8 Å². The smallest absolute Gasteiger partial charge is 0.343 e. The molecule has 0 aliphatic carbocycles. The fraction of sp³-hybridized carbons (Fsp3) is 0.0833. The number of allylic oxidation sites excluding steroid dienone is 1. The minimum atomic E-state index is -0.535. The number of benzene rings is 3. The molecule has 0 spiro atoms. The summed E-state index contributed by atoms with van der Waals surface area (Å²) < 4.78 is 21.4. The zero-order chi connectivity index (χ0) is 21.1.